The normalized spacial score (nSPS) is 8.78. The third-order valence-corrected chi connectivity index (χ3v) is 7.28. The molecule has 2 radical (unpaired) electrons. The SMILES string of the molecule is CCC(=O)O.CCC(=O)O.c1cc[c]([Pb][c]2ccccc2)cc1. The fourth-order valence-corrected chi connectivity index (χ4v) is 5.30. The summed E-state index contributed by atoms with van der Waals surface area (Å²) in [4.78, 5) is 18.7. The fourth-order valence-electron chi connectivity index (χ4n) is 1.21. The molecule has 0 spiro atoms. The molecule has 2 rings (SSSR count). The van der Waals surface area contributed by atoms with E-state index in [0.29, 0.717) is 0 Å². The van der Waals surface area contributed by atoms with Crippen molar-refractivity contribution in [2.24, 2.45) is 0 Å². The van der Waals surface area contributed by atoms with E-state index in [0.717, 1.165) is 0 Å². The van der Waals surface area contributed by atoms with Crippen LogP contribution in [0.3, 0.4) is 0 Å². The Morgan fingerprint density at radius 2 is 1.00 bits per heavy atom. The molecule has 0 bridgehead atoms. The van der Waals surface area contributed by atoms with Crippen molar-refractivity contribution in [1.29, 1.82) is 0 Å². The van der Waals surface area contributed by atoms with E-state index in [2.05, 4.69) is 60.7 Å². The summed E-state index contributed by atoms with van der Waals surface area (Å²) in [6, 6.07) is 21.7. The third kappa shape index (κ3) is 13.7. The van der Waals surface area contributed by atoms with Crippen LogP contribution in [0.5, 0.6) is 0 Å². The number of aliphatic carboxylic acids is 2. The van der Waals surface area contributed by atoms with Gasteiger partial charge in [-0.3, -0.25) is 9.59 Å². The van der Waals surface area contributed by atoms with Gasteiger partial charge in [0, 0.05) is 12.8 Å². The van der Waals surface area contributed by atoms with Crippen LogP contribution in [0.4, 0.5) is 0 Å². The summed E-state index contributed by atoms with van der Waals surface area (Å²) in [5, 5.41) is 15.4. The van der Waals surface area contributed by atoms with Crippen LogP contribution in [0.1, 0.15) is 26.7 Å². The molecule has 0 saturated heterocycles. The fraction of sp³-hybridized carbons (Fsp3) is 0.222. The summed E-state index contributed by atoms with van der Waals surface area (Å²) in [6.45, 7) is 3.20. The topological polar surface area (TPSA) is 74.6 Å². The molecule has 2 aromatic carbocycles. The van der Waals surface area contributed by atoms with Gasteiger partial charge in [-0.25, -0.2) is 0 Å². The van der Waals surface area contributed by atoms with E-state index in [-0.39, 0.29) is 12.8 Å². The quantitative estimate of drug-likeness (QED) is 0.621. The molecule has 5 heteroatoms. The molecule has 4 nitrogen and oxygen atoms in total. The Labute approximate surface area is 149 Å². The van der Waals surface area contributed by atoms with Gasteiger partial charge in [-0.2, -0.15) is 0 Å². The van der Waals surface area contributed by atoms with Gasteiger partial charge in [0.25, 0.3) is 0 Å². The number of hydrogen-bond donors (Lipinski definition) is 2. The first-order valence-electron chi connectivity index (χ1n) is 7.30. The van der Waals surface area contributed by atoms with Gasteiger partial charge < -0.3 is 10.2 Å². The molecule has 2 aromatic rings. The Balaban J connectivity index is 0.000000406. The predicted molar refractivity (Wildman–Crippen MR) is 93.8 cm³/mol. The van der Waals surface area contributed by atoms with Gasteiger partial charge in [-0.05, 0) is 0 Å². The Morgan fingerprint density at radius 3 is 1.22 bits per heavy atom. The van der Waals surface area contributed by atoms with Gasteiger partial charge in [-0.15, -0.1) is 0 Å². The van der Waals surface area contributed by atoms with Crippen LogP contribution >= 0.6 is 0 Å². The van der Waals surface area contributed by atoms with Gasteiger partial charge in [0.2, 0.25) is 0 Å². The molecular formula is C18H22O4Pb. The van der Waals surface area contributed by atoms with Crippen LogP contribution in [-0.4, -0.2) is 46.4 Å². The average molecular weight is 510 g/mol. The van der Waals surface area contributed by atoms with Gasteiger partial charge in [0.1, 0.15) is 0 Å². The Kier molecular flexibility index (Phi) is 12.9. The molecule has 0 aliphatic heterocycles. The summed E-state index contributed by atoms with van der Waals surface area (Å²) >= 11 is -0.740. The predicted octanol–water partition coefficient (Wildman–Crippen LogP) is 2.30. The number of hydrogen-bond acceptors (Lipinski definition) is 2. The molecule has 0 aliphatic carbocycles. The van der Waals surface area contributed by atoms with Gasteiger partial charge >= 0.3 is 103 Å². The minimum absolute atomic E-state index is 0.222. The van der Waals surface area contributed by atoms with Crippen molar-refractivity contribution in [3.8, 4) is 0 Å². The molecule has 0 heterocycles. The van der Waals surface area contributed by atoms with E-state index in [1.165, 1.54) is 0 Å². The van der Waals surface area contributed by atoms with Crippen LogP contribution in [0, 0.1) is 0 Å². The van der Waals surface area contributed by atoms with Crippen LogP contribution in [0.15, 0.2) is 60.7 Å². The number of rotatable bonds is 4. The third-order valence-electron chi connectivity index (χ3n) is 2.44. The number of carbonyl (C=O) groups is 2. The number of carboxylic acid groups (broad SMARTS) is 2. The second-order valence-corrected chi connectivity index (χ2v) is 9.81. The minimum atomic E-state index is -0.745. The van der Waals surface area contributed by atoms with Crippen molar-refractivity contribution in [1.82, 2.24) is 0 Å². The Hall–Kier alpha value is -1.70. The molecule has 0 aliphatic rings. The van der Waals surface area contributed by atoms with Crippen molar-refractivity contribution in [3.05, 3.63) is 60.7 Å². The standard InChI is InChI=1S/2C6H5.2C3H6O2.Pb/c2*1-2-4-6-5-3-1;2*1-2-3(4)5;/h2*1-5H;2*2H2,1H3,(H,4,5);. The number of benzene rings is 2. The molecule has 0 aromatic heterocycles. The molecule has 122 valence electrons. The Morgan fingerprint density at radius 1 is 0.739 bits per heavy atom. The van der Waals surface area contributed by atoms with E-state index in [4.69, 9.17) is 10.2 Å². The molecule has 0 atom stereocenters. The van der Waals surface area contributed by atoms with Crippen LogP contribution < -0.4 is 6.25 Å². The summed E-state index contributed by atoms with van der Waals surface area (Å²) < 4.78 is 3.13. The first-order valence-corrected chi connectivity index (χ1v) is 11.2. The second kappa shape index (κ2) is 13.9. The van der Waals surface area contributed by atoms with Crippen LogP contribution in [0.2, 0.25) is 0 Å². The van der Waals surface area contributed by atoms with Crippen molar-refractivity contribution in [2.75, 3.05) is 0 Å². The van der Waals surface area contributed by atoms with E-state index < -0.39 is 36.2 Å². The summed E-state index contributed by atoms with van der Waals surface area (Å²) in [6.07, 6.45) is 0.444. The molecule has 0 unspecified atom stereocenters. The maximum absolute atomic E-state index is 9.37. The van der Waals surface area contributed by atoms with Crippen molar-refractivity contribution in [3.63, 3.8) is 0 Å². The van der Waals surface area contributed by atoms with E-state index in [1.807, 2.05) is 0 Å². The van der Waals surface area contributed by atoms with E-state index >= 15 is 0 Å². The van der Waals surface area contributed by atoms with Gasteiger partial charge in [0.15, 0.2) is 0 Å². The van der Waals surface area contributed by atoms with Gasteiger partial charge in [0.05, 0.1) is 0 Å². The maximum atomic E-state index is 9.37. The molecule has 2 N–H and O–H groups in total. The molecule has 0 amide bonds. The number of carboxylic acids is 2. The van der Waals surface area contributed by atoms with Crippen LogP contribution in [-0.2, 0) is 9.59 Å². The van der Waals surface area contributed by atoms with E-state index in [9.17, 15) is 9.59 Å². The summed E-state index contributed by atoms with van der Waals surface area (Å²) in [5.41, 5.74) is 0. The molecule has 23 heavy (non-hydrogen) atoms. The van der Waals surface area contributed by atoms with Crippen LogP contribution in [0.25, 0.3) is 0 Å². The second-order valence-electron chi connectivity index (χ2n) is 4.35. The summed E-state index contributed by atoms with van der Waals surface area (Å²) in [7, 11) is 0. The molecule has 0 fully saturated rings. The van der Waals surface area contributed by atoms with Crippen molar-refractivity contribution in [2.45, 2.75) is 26.7 Å². The molecule has 0 saturated carbocycles. The zero-order valence-corrected chi connectivity index (χ0v) is 17.3. The first kappa shape index (κ1) is 21.3. The van der Waals surface area contributed by atoms with Crippen molar-refractivity contribution >= 4 is 42.4 Å². The zero-order valence-electron chi connectivity index (χ0n) is 13.4. The Bertz CT molecular complexity index is 504. The first-order chi connectivity index (χ1) is 11.0. The molecular weight excluding hydrogens is 487 g/mol. The van der Waals surface area contributed by atoms with Gasteiger partial charge in [-0.1, -0.05) is 13.8 Å². The zero-order chi connectivity index (χ0) is 17.5. The van der Waals surface area contributed by atoms with E-state index in [1.54, 1.807) is 20.1 Å². The summed E-state index contributed by atoms with van der Waals surface area (Å²) in [5.74, 6) is -1.49. The van der Waals surface area contributed by atoms with Crippen molar-refractivity contribution < 1.29 is 19.8 Å². The average Bonchev–Trinajstić information content (AvgIpc) is 2.58. The monoisotopic (exact) mass is 510 g/mol.